The minimum atomic E-state index is -3.81. The molecule has 11 heteroatoms. The second-order valence-electron chi connectivity index (χ2n) is 11.1. The SMILES string of the molecule is COc1cc(C)c(S(=O)(=O)NCc2nc(C(=O)N3CC4CCN(C5CCN(C)CC5)CC4C3)co2)c(C)c1. The summed E-state index contributed by atoms with van der Waals surface area (Å²) in [5, 5.41) is 0. The smallest absolute Gasteiger partial charge is 0.275 e. The molecule has 0 radical (unpaired) electrons. The minimum Gasteiger partial charge on any atom is -0.497 e. The monoisotopic (exact) mass is 545 g/mol. The van der Waals surface area contributed by atoms with E-state index in [4.69, 9.17) is 9.15 Å². The average molecular weight is 546 g/mol. The quantitative estimate of drug-likeness (QED) is 0.565. The van der Waals surface area contributed by atoms with E-state index in [0.29, 0.717) is 34.8 Å². The lowest BCUT2D eigenvalue weighted by Crippen LogP contribution is -2.49. The third-order valence-electron chi connectivity index (χ3n) is 8.45. The number of carbonyl (C=O) groups is 1. The number of nitrogens with one attached hydrogen (secondary N) is 1. The van der Waals surface area contributed by atoms with Gasteiger partial charge < -0.3 is 19.0 Å². The van der Waals surface area contributed by atoms with Crippen molar-refractivity contribution in [2.75, 3.05) is 53.4 Å². The first-order valence-corrected chi connectivity index (χ1v) is 14.9. The number of aromatic nitrogens is 1. The molecular formula is C27H39N5O5S. The predicted molar refractivity (Wildman–Crippen MR) is 143 cm³/mol. The minimum absolute atomic E-state index is 0.142. The fraction of sp³-hybridized carbons (Fsp3) is 0.630. The fourth-order valence-corrected chi connectivity index (χ4v) is 7.81. The molecule has 0 spiro atoms. The lowest BCUT2D eigenvalue weighted by Gasteiger charge is -2.42. The molecule has 208 valence electrons. The number of sulfonamides is 1. The molecule has 2 unspecified atom stereocenters. The predicted octanol–water partition coefficient (Wildman–Crippen LogP) is 2.27. The number of nitrogens with zero attached hydrogens (tertiary/aromatic N) is 4. The fourth-order valence-electron chi connectivity index (χ4n) is 6.39. The zero-order valence-corrected chi connectivity index (χ0v) is 23.6. The number of rotatable bonds is 7. The van der Waals surface area contributed by atoms with Gasteiger partial charge in [-0.25, -0.2) is 18.1 Å². The molecule has 3 aliphatic heterocycles. The highest BCUT2D eigenvalue weighted by atomic mass is 32.2. The van der Waals surface area contributed by atoms with Crippen molar-refractivity contribution < 1.29 is 22.4 Å². The highest BCUT2D eigenvalue weighted by molar-refractivity contribution is 7.89. The highest BCUT2D eigenvalue weighted by Crippen LogP contribution is 2.34. The van der Waals surface area contributed by atoms with Crippen LogP contribution < -0.4 is 9.46 Å². The molecule has 3 fully saturated rings. The second kappa shape index (κ2) is 11.0. The topological polar surface area (TPSA) is 108 Å². The molecule has 2 aromatic rings. The maximum Gasteiger partial charge on any atom is 0.275 e. The zero-order chi connectivity index (χ0) is 27.0. The largest absolute Gasteiger partial charge is 0.497 e. The summed E-state index contributed by atoms with van der Waals surface area (Å²) in [4.78, 5) is 24.7. The third kappa shape index (κ3) is 5.61. The Labute approximate surface area is 225 Å². The summed E-state index contributed by atoms with van der Waals surface area (Å²) in [5.74, 6) is 1.62. The Kier molecular flexibility index (Phi) is 7.82. The number of carbonyl (C=O) groups excluding carboxylic acids is 1. The Morgan fingerprint density at radius 3 is 2.45 bits per heavy atom. The maximum absolute atomic E-state index is 13.2. The second-order valence-corrected chi connectivity index (χ2v) is 12.8. The summed E-state index contributed by atoms with van der Waals surface area (Å²) in [7, 11) is -0.0764. The van der Waals surface area contributed by atoms with Gasteiger partial charge in [-0.15, -0.1) is 0 Å². The van der Waals surface area contributed by atoms with Crippen molar-refractivity contribution in [1.82, 2.24) is 24.4 Å². The van der Waals surface area contributed by atoms with Gasteiger partial charge in [0.05, 0.1) is 18.6 Å². The van der Waals surface area contributed by atoms with Crippen LogP contribution in [-0.2, 0) is 16.6 Å². The van der Waals surface area contributed by atoms with Crippen molar-refractivity contribution in [2.45, 2.75) is 50.6 Å². The maximum atomic E-state index is 13.2. The average Bonchev–Trinajstić information content (AvgIpc) is 3.54. The summed E-state index contributed by atoms with van der Waals surface area (Å²) >= 11 is 0. The Balaban J connectivity index is 1.18. The summed E-state index contributed by atoms with van der Waals surface area (Å²) in [5.41, 5.74) is 1.40. The van der Waals surface area contributed by atoms with E-state index >= 15 is 0 Å². The number of benzene rings is 1. The van der Waals surface area contributed by atoms with Crippen LogP contribution in [0.25, 0.3) is 0 Å². The van der Waals surface area contributed by atoms with Crippen LogP contribution in [-0.4, -0.2) is 93.5 Å². The number of ether oxygens (including phenoxy) is 1. The van der Waals surface area contributed by atoms with Crippen molar-refractivity contribution >= 4 is 15.9 Å². The molecule has 3 saturated heterocycles. The first kappa shape index (κ1) is 27.1. The van der Waals surface area contributed by atoms with Gasteiger partial charge >= 0.3 is 0 Å². The van der Waals surface area contributed by atoms with Crippen molar-refractivity contribution in [3.63, 3.8) is 0 Å². The number of fused-ring (bicyclic) bond motifs is 1. The summed E-state index contributed by atoms with van der Waals surface area (Å²) in [6.07, 6.45) is 4.90. The van der Waals surface area contributed by atoms with Gasteiger partial charge in [0.25, 0.3) is 5.91 Å². The molecule has 1 aromatic heterocycles. The van der Waals surface area contributed by atoms with E-state index < -0.39 is 10.0 Å². The van der Waals surface area contributed by atoms with Gasteiger partial charge in [-0.3, -0.25) is 9.69 Å². The Bertz CT molecular complexity index is 1250. The van der Waals surface area contributed by atoms with Crippen LogP contribution in [0.1, 0.15) is 46.8 Å². The van der Waals surface area contributed by atoms with Crippen LogP contribution in [0.2, 0.25) is 0 Å². The van der Waals surface area contributed by atoms with Crippen molar-refractivity contribution in [3.05, 3.63) is 41.1 Å². The van der Waals surface area contributed by atoms with E-state index in [2.05, 4.69) is 26.6 Å². The van der Waals surface area contributed by atoms with E-state index in [9.17, 15) is 13.2 Å². The number of piperidine rings is 2. The molecule has 0 saturated carbocycles. The van der Waals surface area contributed by atoms with Gasteiger partial charge in [0.15, 0.2) is 5.69 Å². The van der Waals surface area contributed by atoms with Gasteiger partial charge in [-0.1, -0.05) is 0 Å². The normalized spacial score (nSPS) is 23.5. The van der Waals surface area contributed by atoms with Crippen LogP contribution in [0.4, 0.5) is 0 Å². The molecule has 1 aromatic carbocycles. The lowest BCUT2D eigenvalue weighted by molar-refractivity contribution is 0.0662. The van der Waals surface area contributed by atoms with Crippen LogP contribution in [0, 0.1) is 25.7 Å². The first-order chi connectivity index (χ1) is 18.1. The van der Waals surface area contributed by atoms with Crippen molar-refractivity contribution in [3.8, 4) is 5.75 Å². The molecule has 5 rings (SSSR count). The van der Waals surface area contributed by atoms with Gasteiger partial charge in [0.1, 0.15) is 12.0 Å². The number of hydrogen-bond donors (Lipinski definition) is 1. The molecule has 10 nitrogen and oxygen atoms in total. The molecule has 2 atom stereocenters. The molecule has 4 heterocycles. The molecule has 0 aliphatic carbocycles. The van der Waals surface area contributed by atoms with Gasteiger partial charge in [0.2, 0.25) is 15.9 Å². The zero-order valence-electron chi connectivity index (χ0n) is 22.8. The number of methoxy groups -OCH3 is 1. The van der Waals surface area contributed by atoms with Gasteiger partial charge in [-0.05, 0) is 94.9 Å². The number of likely N-dealkylation sites (tertiary alicyclic amines) is 3. The lowest BCUT2D eigenvalue weighted by atomic mass is 9.87. The number of amides is 1. The van der Waals surface area contributed by atoms with E-state index in [-0.39, 0.29) is 28.9 Å². The summed E-state index contributed by atoms with van der Waals surface area (Å²) < 4.78 is 39.3. The molecule has 1 amide bonds. The van der Waals surface area contributed by atoms with Crippen LogP contribution in [0.5, 0.6) is 5.75 Å². The summed E-state index contributed by atoms with van der Waals surface area (Å²) in [6.45, 7) is 9.27. The Morgan fingerprint density at radius 2 is 1.76 bits per heavy atom. The van der Waals surface area contributed by atoms with Crippen molar-refractivity contribution in [2.24, 2.45) is 11.8 Å². The van der Waals surface area contributed by atoms with Crippen molar-refractivity contribution in [1.29, 1.82) is 0 Å². The first-order valence-electron chi connectivity index (χ1n) is 13.5. The number of oxazole rings is 1. The molecule has 0 bridgehead atoms. The van der Waals surface area contributed by atoms with Gasteiger partial charge in [-0.2, -0.15) is 0 Å². The van der Waals surface area contributed by atoms with Crippen LogP contribution >= 0.6 is 0 Å². The van der Waals surface area contributed by atoms with E-state index in [1.807, 2.05) is 4.90 Å². The van der Waals surface area contributed by atoms with E-state index in [1.54, 1.807) is 33.1 Å². The Hall–Kier alpha value is -2.47. The highest BCUT2D eigenvalue weighted by Gasteiger charge is 2.41. The Morgan fingerprint density at radius 1 is 1.08 bits per heavy atom. The third-order valence-corrected chi connectivity index (χ3v) is 10.2. The van der Waals surface area contributed by atoms with E-state index in [1.165, 1.54) is 19.1 Å². The van der Waals surface area contributed by atoms with Gasteiger partial charge in [0, 0.05) is 25.7 Å². The summed E-state index contributed by atoms with van der Waals surface area (Å²) in [6, 6.07) is 4.03. The number of hydrogen-bond acceptors (Lipinski definition) is 8. The molecular weight excluding hydrogens is 506 g/mol. The molecule has 3 aliphatic rings. The van der Waals surface area contributed by atoms with Crippen LogP contribution in [0.15, 0.2) is 27.7 Å². The number of aryl methyl sites for hydroxylation is 2. The van der Waals surface area contributed by atoms with E-state index in [0.717, 1.165) is 45.7 Å². The van der Waals surface area contributed by atoms with Crippen LogP contribution in [0.3, 0.4) is 0 Å². The standard InChI is InChI=1S/C27H39N5O5S/c1-18-11-23(36-4)12-19(2)26(18)38(34,35)28-13-25-29-24(17-37-25)27(33)32-14-20-5-10-31(15-21(20)16-32)22-6-8-30(3)9-7-22/h11-12,17,20-22,28H,5-10,13-16H2,1-4H3. The molecule has 38 heavy (non-hydrogen) atoms. The molecule has 1 N–H and O–H groups in total.